The maximum atomic E-state index is 7.17. The number of hydrogen-bond acceptors (Lipinski definition) is 5. The highest BCUT2D eigenvalue weighted by molar-refractivity contribution is 7.26. The number of furan rings is 1. The second-order valence-electron chi connectivity index (χ2n) is 20.8. The Morgan fingerprint density at radius 2 is 1.24 bits per heavy atom. The molecule has 13 rings (SSSR count). The molecule has 308 valence electrons. The van der Waals surface area contributed by atoms with Crippen molar-refractivity contribution in [2.75, 3.05) is 9.71 Å². The van der Waals surface area contributed by atoms with Crippen LogP contribution in [0.15, 0.2) is 132 Å². The normalized spacial score (nSPS) is 16.3. The van der Waals surface area contributed by atoms with Crippen molar-refractivity contribution in [3.8, 4) is 11.1 Å². The number of benzene rings is 7. The molecule has 3 nitrogen and oxygen atoms in total. The van der Waals surface area contributed by atoms with E-state index in [-0.39, 0.29) is 23.1 Å². The Balaban J connectivity index is 1.22. The molecule has 0 N–H and O–H groups in total. The van der Waals surface area contributed by atoms with Gasteiger partial charge in [0.25, 0.3) is 0 Å². The predicted octanol–water partition coefficient (Wildman–Crippen LogP) is 15.8. The minimum atomic E-state index is -0.122. The SMILES string of the molecule is Cc1cc2c(cc1N1c3cc4c(oc5ccccc54)c4c3B(c3c1sc1ccccc31)N(c1ccc(C(C)(C)C)cc1)c1cc3sc5ccccc5c3cc1-4)C(C)(C)CCC2(C)C. The van der Waals surface area contributed by atoms with Crippen LogP contribution in [0.25, 0.3) is 63.3 Å². The van der Waals surface area contributed by atoms with Gasteiger partial charge in [0.2, 0.25) is 0 Å². The van der Waals surface area contributed by atoms with Gasteiger partial charge in [0.05, 0.1) is 10.7 Å². The molecule has 10 aromatic rings. The van der Waals surface area contributed by atoms with E-state index in [9.17, 15) is 0 Å². The second kappa shape index (κ2) is 12.7. The van der Waals surface area contributed by atoms with Crippen molar-refractivity contribution in [2.45, 2.75) is 84.5 Å². The summed E-state index contributed by atoms with van der Waals surface area (Å²) in [6, 6.07) is 48.8. The van der Waals surface area contributed by atoms with E-state index < -0.39 is 0 Å². The Morgan fingerprint density at radius 1 is 0.587 bits per heavy atom. The summed E-state index contributed by atoms with van der Waals surface area (Å²) < 4.78 is 11.1. The fourth-order valence-electron chi connectivity index (χ4n) is 11.5. The highest BCUT2D eigenvalue weighted by Crippen LogP contribution is 2.56. The van der Waals surface area contributed by atoms with Crippen molar-refractivity contribution in [3.05, 3.63) is 150 Å². The lowest BCUT2D eigenvalue weighted by atomic mass is 9.43. The molecular formula is C57H49BN2OS2. The average molecular weight is 853 g/mol. The molecule has 0 amide bonds. The number of anilines is 5. The lowest BCUT2D eigenvalue weighted by Gasteiger charge is -2.46. The van der Waals surface area contributed by atoms with E-state index in [4.69, 9.17) is 4.42 Å². The molecule has 3 aromatic heterocycles. The molecule has 0 radical (unpaired) electrons. The molecule has 3 aliphatic rings. The lowest BCUT2D eigenvalue weighted by Crippen LogP contribution is -2.61. The van der Waals surface area contributed by atoms with Crippen LogP contribution in [-0.4, -0.2) is 6.85 Å². The number of aryl methyl sites for hydroxylation is 1. The van der Waals surface area contributed by atoms with Crippen LogP contribution in [0.2, 0.25) is 0 Å². The smallest absolute Gasteiger partial charge is 0.334 e. The van der Waals surface area contributed by atoms with Crippen LogP contribution in [0.4, 0.5) is 27.8 Å². The average Bonchev–Trinajstić information content (AvgIpc) is 3.96. The maximum Gasteiger partial charge on any atom is 0.334 e. The van der Waals surface area contributed by atoms with Gasteiger partial charge in [-0.05, 0) is 129 Å². The van der Waals surface area contributed by atoms with Gasteiger partial charge >= 0.3 is 6.85 Å². The van der Waals surface area contributed by atoms with Gasteiger partial charge in [-0.3, -0.25) is 0 Å². The van der Waals surface area contributed by atoms with Gasteiger partial charge in [0, 0.05) is 63.8 Å². The summed E-state index contributed by atoms with van der Waals surface area (Å²) in [4.78, 5) is 5.36. The zero-order valence-corrected chi connectivity index (χ0v) is 38.9. The first-order valence-electron chi connectivity index (χ1n) is 22.6. The number of nitrogens with zero attached hydrogens (tertiary/aromatic N) is 2. The zero-order valence-electron chi connectivity index (χ0n) is 37.2. The van der Waals surface area contributed by atoms with Crippen LogP contribution in [0.5, 0.6) is 0 Å². The molecule has 5 heterocycles. The van der Waals surface area contributed by atoms with E-state index in [0.29, 0.717) is 0 Å². The Labute approximate surface area is 377 Å². The Bertz CT molecular complexity index is 3600. The highest BCUT2D eigenvalue weighted by atomic mass is 32.1. The van der Waals surface area contributed by atoms with Gasteiger partial charge in [0.15, 0.2) is 0 Å². The molecule has 0 fully saturated rings. The van der Waals surface area contributed by atoms with Crippen LogP contribution < -0.4 is 20.6 Å². The van der Waals surface area contributed by atoms with Crippen molar-refractivity contribution >= 4 is 120 Å². The molecule has 63 heavy (non-hydrogen) atoms. The summed E-state index contributed by atoms with van der Waals surface area (Å²) >= 11 is 3.84. The van der Waals surface area contributed by atoms with Crippen molar-refractivity contribution in [2.24, 2.45) is 0 Å². The molecule has 0 bridgehead atoms. The number of thiophene rings is 2. The first kappa shape index (κ1) is 37.7. The summed E-state index contributed by atoms with van der Waals surface area (Å²) in [5.74, 6) is 0. The summed E-state index contributed by atoms with van der Waals surface area (Å²) in [6.07, 6.45) is 2.35. The number of hydrogen-bond donors (Lipinski definition) is 0. The topological polar surface area (TPSA) is 19.6 Å². The van der Waals surface area contributed by atoms with E-state index >= 15 is 0 Å². The van der Waals surface area contributed by atoms with E-state index in [1.54, 1.807) is 0 Å². The molecule has 6 heteroatoms. The standard InChI is InChI=1S/C57H49BN2OS2/c1-32-27-41-42(57(7,8)26-25-56(41,5)6)30-43(32)59-45-29-39-35-15-9-12-18-46(35)61-53(39)50-40-28-38-36-16-10-13-19-47(36)62-49(38)31-44(40)60(34-23-21-33(22-24-34)55(2,3)4)58(52(45)50)51-37-17-11-14-20-48(37)63-54(51)59/h9-24,27-31H,25-26H2,1-8H3. The van der Waals surface area contributed by atoms with Gasteiger partial charge in [-0.2, -0.15) is 0 Å². The summed E-state index contributed by atoms with van der Waals surface area (Å²) in [5.41, 5.74) is 17.7. The van der Waals surface area contributed by atoms with E-state index in [1.807, 2.05) is 22.7 Å². The third-order valence-corrected chi connectivity index (χ3v) is 17.3. The molecule has 0 unspecified atom stereocenters. The first-order valence-corrected chi connectivity index (χ1v) is 24.2. The van der Waals surface area contributed by atoms with E-state index in [0.717, 1.165) is 21.9 Å². The van der Waals surface area contributed by atoms with Gasteiger partial charge in [0.1, 0.15) is 11.2 Å². The largest absolute Gasteiger partial charge is 0.455 e. The van der Waals surface area contributed by atoms with Crippen molar-refractivity contribution in [3.63, 3.8) is 0 Å². The van der Waals surface area contributed by atoms with E-state index in [1.165, 1.54) is 115 Å². The van der Waals surface area contributed by atoms with Gasteiger partial charge < -0.3 is 14.1 Å². The van der Waals surface area contributed by atoms with Crippen LogP contribution in [-0.2, 0) is 16.2 Å². The van der Waals surface area contributed by atoms with Crippen LogP contribution in [0.1, 0.15) is 83.6 Å². The molecule has 0 spiro atoms. The number of para-hydroxylation sites is 1. The monoisotopic (exact) mass is 852 g/mol. The lowest BCUT2D eigenvalue weighted by molar-refractivity contribution is 0.332. The van der Waals surface area contributed by atoms with Gasteiger partial charge in [-0.15, -0.1) is 22.7 Å². The number of fused-ring (bicyclic) bond motifs is 14. The Hall–Kier alpha value is -5.82. The maximum absolute atomic E-state index is 7.17. The minimum absolute atomic E-state index is 0.0346. The second-order valence-corrected chi connectivity index (χ2v) is 22.9. The van der Waals surface area contributed by atoms with Crippen LogP contribution >= 0.6 is 22.7 Å². The first-order chi connectivity index (χ1) is 30.3. The molecular weight excluding hydrogens is 804 g/mol. The van der Waals surface area contributed by atoms with Crippen LogP contribution in [0, 0.1) is 6.92 Å². The van der Waals surface area contributed by atoms with Crippen LogP contribution in [0.3, 0.4) is 0 Å². The molecule has 0 saturated carbocycles. The molecule has 1 aliphatic carbocycles. The third-order valence-electron chi connectivity index (χ3n) is 15.0. The van der Waals surface area contributed by atoms with Crippen molar-refractivity contribution in [1.82, 2.24) is 0 Å². The van der Waals surface area contributed by atoms with Gasteiger partial charge in [-0.1, -0.05) is 121 Å². The molecule has 7 aromatic carbocycles. The predicted molar refractivity (Wildman–Crippen MR) is 274 cm³/mol. The molecule has 0 saturated heterocycles. The van der Waals surface area contributed by atoms with Crippen molar-refractivity contribution in [1.29, 1.82) is 0 Å². The summed E-state index contributed by atoms with van der Waals surface area (Å²) in [7, 11) is 0. The third kappa shape index (κ3) is 5.20. The summed E-state index contributed by atoms with van der Waals surface area (Å²) in [5, 5.41) is 7.52. The molecule has 0 atom stereocenters. The fraction of sp³-hybridized carbons (Fsp3) is 0.228. The zero-order chi connectivity index (χ0) is 42.9. The van der Waals surface area contributed by atoms with Crippen molar-refractivity contribution < 1.29 is 4.42 Å². The fourth-order valence-corrected chi connectivity index (χ4v) is 13.9. The van der Waals surface area contributed by atoms with Gasteiger partial charge in [-0.25, -0.2) is 0 Å². The molecule has 2 aliphatic heterocycles. The Kier molecular flexibility index (Phi) is 7.59. The quantitative estimate of drug-likeness (QED) is 0.162. The highest BCUT2D eigenvalue weighted by Gasteiger charge is 2.49. The minimum Gasteiger partial charge on any atom is -0.455 e. The Morgan fingerprint density at radius 3 is 1.97 bits per heavy atom. The summed E-state index contributed by atoms with van der Waals surface area (Å²) in [6.45, 7) is 18.9. The van der Waals surface area contributed by atoms with E-state index in [2.05, 4.69) is 192 Å². The number of rotatable bonds is 2.